The van der Waals surface area contributed by atoms with E-state index in [1.54, 1.807) is 42.7 Å². The summed E-state index contributed by atoms with van der Waals surface area (Å²) in [6, 6.07) is 12.8. The van der Waals surface area contributed by atoms with E-state index in [0.29, 0.717) is 23.8 Å². The number of hydrogen-bond donors (Lipinski definition) is 2. The standard InChI is InChI=1S/C17H15FN2O3/c18-13-5-3-12(4-6-13)10-19-17(21)20-11-14-7-8-16(23-14)15-2-1-9-22-15/h1-9H,10-11H2,(H2,19,20,21). The zero-order chi connectivity index (χ0) is 16.1. The van der Waals surface area contributed by atoms with E-state index in [9.17, 15) is 9.18 Å². The summed E-state index contributed by atoms with van der Waals surface area (Å²) in [6.07, 6.45) is 1.57. The van der Waals surface area contributed by atoms with Crippen LogP contribution in [0, 0.1) is 5.82 Å². The van der Waals surface area contributed by atoms with Gasteiger partial charge in [0.25, 0.3) is 0 Å². The van der Waals surface area contributed by atoms with E-state index in [0.717, 1.165) is 5.56 Å². The number of rotatable bonds is 5. The summed E-state index contributed by atoms with van der Waals surface area (Å²) in [6.45, 7) is 0.581. The number of amides is 2. The topological polar surface area (TPSA) is 67.4 Å². The number of urea groups is 1. The van der Waals surface area contributed by atoms with Gasteiger partial charge in [0, 0.05) is 6.54 Å². The third-order valence-corrected chi connectivity index (χ3v) is 3.22. The van der Waals surface area contributed by atoms with Crippen molar-refractivity contribution in [1.29, 1.82) is 0 Å². The van der Waals surface area contributed by atoms with Crippen LogP contribution in [0.15, 0.2) is 63.6 Å². The Hall–Kier alpha value is -3.02. The lowest BCUT2D eigenvalue weighted by Gasteiger charge is -2.06. The fourth-order valence-corrected chi connectivity index (χ4v) is 2.04. The van der Waals surface area contributed by atoms with Crippen molar-refractivity contribution in [2.75, 3.05) is 0 Å². The molecule has 0 aliphatic heterocycles. The van der Waals surface area contributed by atoms with Crippen molar-refractivity contribution in [3.05, 3.63) is 71.9 Å². The first kappa shape index (κ1) is 14.9. The van der Waals surface area contributed by atoms with Crippen molar-refractivity contribution in [3.63, 3.8) is 0 Å². The molecule has 0 aliphatic carbocycles. The van der Waals surface area contributed by atoms with Gasteiger partial charge in [0.2, 0.25) is 0 Å². The summed E-state index contributed by atoms with van der Waals surface area (Å²) >= 11 is 0. The molecular formula is C17H15FN2O3. The second-order valence-corrected chi connectivity index (χ2v) is 4.91. The molecule has 0 saturated carbocycles. The van der Waals surface area contributed by atoms with Crippen LogP contribution in [0.2, 0.25) is 0 Å². The van der Waals surface area contributed by atoms with Crippen molar-refractivity contribution in [3.8, 4) is 11.5 Å². The van der Waals surface area contributed by atoms with Gasteiger partial charge in [-0.2, -0.15) is 0 Å². The van der Waals surface area contributed by atoms with Crippen LogP contribution in [0.4, 0.5) is 9.18 Å². The number of carbonyl (C=O) groups excluding carboxylic acids is 1. The molecule has 0 unspecified atom stereocenters. The maximum Gasteiger partial charge on any atom is 0.315 e. The fraction of sp³-hybridized carbons (Fsp3) is 0.118. The number of benzene rings is 1. The van der Waals surface area contributed by atoms with Gasteiger partial charge in [0.15, 0.2) is 11.5 Å². The van der Waals surface area contributed by atoms with Crippen molar-refractivity contribution in [2.45, 2.75) is 13.1 Å². The van der Waals surface area contributed by atoms with Crippen LogP contribution in [0.1, 0.15) is 11.3 Å². The number of carbonyl (C=O) groups is 1. The Labute approximate surface area is 132 Å². The molecular weight excluding hydrogens is 299 g/mol. The number of halogens is 1. The Morgan fingerprint density at radius 2 is 1.74 bits per heavy atom. The van der Waals surface area contributed by atoms with E-state index in [2.05, 4.69) is 10.6 Å². The van der Waals surface area contributed by atoms with E-state index < -0.39 is 0 Å². The average molecular weight is 314 g/mol. The highest BCUT2D eigenvalue weighted by molar-refractivity contribution is 5.73. The Kier molecular flexibility index (Phi) is 4.42. The van der Waals surface area contributed by atoms with Gasteiger partial charge in [-0.3, -0.25) is 0 Å². The SMILES string of the molecule is O=C(NCc1ccc(F)cc1)NCc1ccc(-c2ccco2)o1. The normalized spacial score (nSPS) is 10.5. The number of nitrogens with one attached hydrogen (secondary N) is 2. The summed E-state index contributed by atoms with van der Waals surface area (Å²) in [5.74, 6) is 1.56. The molecule has 0 radical (unpaired) electrons. The Balaban J connectivity index is 1.46. The molecule has 5 nitrogen and oxygen atoms in total. The molecule has 2 amide bonds. The van der Waals surface area contributed by atoms with Gasteiger partial charge in [-0.05, 0) is 42.0 Å². The predicted molar refractivity (Wildman–Crippen MR) is 81.9 cm³/mol. The van der Waals surface area contributed by atoms with Crippen LogP contribution in [0.3, 0.4) is 0 Å². The molecule has 23 heavy (non-hydrogen) atoms. The van der Waals surface area contributed by atoms with E-state index in [1.165, 1.54) is 12.1 Å². The summed E-state index contributed by atoms with van der Waals surface area (Å²) in [7, 11) is 0. The molecule has 2 heterocycles. The van der Waals surface area contributed by atoms with Crippen molar-refractivity contribution in [2.24, 2.45) is 0 Å². The molecule has 3 aromatic rings. The third-order valence-electron chi connectivity index (χ3n) is 3.22. The second kappa shape index (κ2) is 6.83. The van der Waals surface area contributed by atoms with Gasteiger partial charge in [0.1, 0.15) is 11.6 Å². The Morgan fingerprint density at radius 3 is 2.48 bits per heavy atom. The highest BCUT2D eigenvalue weighted by atomic mass is 19.1. The van der Waals surface area contributed by atoms with Gasteiger partial charge >= 0.3 is 6.03 Å². The van der Waals surface area contributed by atoms with Crippen LogP contribution in [-0.4, -0.2) is 6.03 Å². The van der Waals surface area contributed by atoms with Crippen LogP contribution in [-0.2, 0) is 13.1 Å². The molecule has 0 aliphatic rings. The monoisotopic (exact) mass is 314 g/mol. The van der Waals surface area contributed by atoms with Gasteiger partial charge in [-0.15, -0.1) is 0 Å². The molecule has 2 aromatic heterocycles. The second-order valence-electron chi connectivity index (χ2n) is 4.91. The lowest BCUT2D eigenvalue weighted by Crippen LogP contribution is -2.34. The first-order valence-corrected chi connectivity index (χ1v) is 7.09. The van der Waals surface area contributed by atoms with Gasteiger partial charge < -0.3 is 19.5 Å². The van der Waals surface area contributed by atoms with E-state index >= 15 is 0 Å². The molecule has 0 bridgehead atoms. The fourth-order valence-electron chi connectivity index (χ4n) is 2.04. The van der Waals surface area contributed by atoms with E-state index in [-0.39, 0.29) is 18.4 Å². The Bertz CT molecular complexity index is 764. The summed E-state index contributed by atoms with van der Waals surface area (Å²) < 4.78 is 23.6. The van der Waals surface area contributed by atoms with Crippen LogP contribution in [0.5, 0.6) is 0 Å². The van der Waals surface area contributed by atoms with Crippen molar-refractivity contribution in [1.82, 2.24) is 10.6 Å². The predicted octanol–water partition coefficient (Wildman–Crippen LogP) is 3.68. The molecule has 118 valence electrons. The van der Waals surface area contributed by atoms with Gasteiger partial charge in [-0.25, -0.2) is 9.18 Å². The molecule has 0 atom stereocenters. The number of hydrogen-bond acceptors (Lipinski definition) is 3. The van der Waals surface area contributed by atoms with E-state index in [4.69, 9.17) is 8.83 Å². The highest BCUT2D eigenvalue weighted by Gasteiger charge is 2.08. The minimum Gasteiger partial charge on any atom is -0.461 e. The van der Waals surface area contributed by atoms with Gasteiger partial charge in [-0.1, -0.05) is 12.1 Å². The zero-order valence-electron chi connectivity index (χ0n) is 12.2. The highest BCUT2D eigenvalue weighted by Crippen LogP contribution is 2.22. The first-order valence-electron chi connectivity index (χ1n) is 7.09. The minimum atomic E-state index is -0.328. The lowest BCUT2D eigenvalue weighted by atomic mass is 10.2. The minimum absolute atomic E-state index is 0.260. The average Bonchev–Trinajstić information content (AvgIpc) is 3.23. The molecule has 3 rings (SSSR count). The molecule has 6 heteroatoms. The summed E-state index contributed by atoms with van der Waals surface area (Å²) in [4.78, 5) is 11.7. The van der Waals surface area contributed by atoms with E-state index in [1.807, 2.05) is 0 Å². The maximum absolute atomic E-state index is 12.8. The molecule has 2 N–H and O–H groups in total. The Morgan fingerprint density at radius 1 is 0.957 bits per heavy atom. The quantitative estimate of drug-likeness (QED) is 0.755. The molecule has 0 fully saturated rings. The third kappa shape index (κ3) is 4.00. The van der Waals surface area contributed by atoms with Crippen LogP contribution < -0.4 is 10.6 Å². The maximum atomic E-state index is 12.8. The molecule has 0 saturated heterocycles. The molecule has 1 aromatic carbocycles. The van der Waals surface area contributed by atoms with Crippen molar-refractivity contribution >= 4 is 6.03 Å². The smallest absolute Gasteiger partial charge is 0.315 e. The van der Waals surface area contributed by atoms with Crippen molar-refractivity contribution < 1.29 is 18.0 Å². The van der Waals surface area contributed by atoms with Crippen LogP contribution >= 0.6 is 0 Å². The first-order chi connectivity index (χ1) is 11.2. The summed E-state index contributed by atoms with van der Waals surface area (Å²) in [5.41, 5.74) is 0.819. The van der Waals surface area contributed by atoms with Crippen LogP contribution in [0.25, 0.3) is 11.5 Å². The molecule has 0 spiro atoms. The summed E-state index contributed by atoms with van der Waals surface area (Å²) in [5, 5.41) is 5.38. The zero-order valence-corrected chi connectivity index (χ0v) is 12.2. The number of furan rings is 2. The van der Waals surface area contributed by atoms with Gasteiger partial charge in [0.05, 0.1) is 12.8 Å². The lowest BCUT2D eigenvalue weighted by molar-refractivity contribution is 0.239. The largest absolute Gasteiger partial charge is 0.461 e.